The van der Waals surface area contributed by atoms with Crippen molar-refractivity contribution >= 4 is 12.6 Å². The third kappa shape index (κ3) is 8.27. The fraction of sp³-hybridized carbons (Fsp3) is 1.00. The summed E-state index contributed by atoms with van der Waals surface area (Å²) in [5, 5.41) is 0. The Kier molecular flexibility index (Phi) is 8.52. The molecule has 0 unspecified atom stereocenters. The zero-order chi connectivity index (χ0) is 6.95. The number of hydrogen-bond acceptors (Lipinski definition) is 3. The van der Waals surface area contributed by atoms with Gasteiger partial charge in [-0.1, -0.05) is 0 Å². The van der Waals surface area contributed by atoms with E-state index < -0.39 is 0 Å². The minimum Gasteiger partial charge on any atom is -0.356 e. The van der Waals surface area contributed by atoms with E-state index in [1.807, 2.05) is 6.92 Å². The van der Waals surface area contributed by atoms with Gasteiger partial charge in [0.05, 0.1) is 6.61 Å². The maximum Gasteiger partial charge on any atom is 0.146 e. The molecule has 0 heterocycles. The molecule has 9 heavy (non-hydrogen) atoms. The summed E-state index contributed by atoms with van der Waals surface area (Å²) in [5.41, 5.74) is 0. The molecule has 0 amide bonds. The summed E-state index contributed by atoms with van der Waals surface area (Å²) in [7, 11) is 0. The highest BCUT2D eigenvalue weighted by atomic mass is 32.1. The average Bonchev–Trinajstić information content (AvgIpc) is 1.89. The molecule has 56 valence electrons. The normalized spacial score (nSPS) is 10.0. The molecule has 0 saturated heterocycles. The Morgan fingerprint density at radius 1 is 1.33 bits per heavy atom. The van der Waals surface area contributed by atoms with Crippen molar-refractivity contribution in [2.75, 3.05) is 25.8 Å². The Bertz CT molecular complexity index is 44.3. The third-order valence-electron chi connectivity index (χ3n) is 0.818. The topological polar surface area (TPSA) is 18.5 Å². The number of rotatable bonds is 6. The summed E-state index contributed by atoms with van der Waals surface area (Å²) in [6.45, 7) is 3.84. The standard InChI is InChI=1S/C6H14O2S/c1-2-7-6-8-4-3-5-9/h9H,2-6H2,1H3. The third-order valence-corrected chi connectivity index (χ3v) is 1.13. The first-order chi connectivity index (χ1) is 4.41. The highest BCUT2D eigenvalue weighted by molar-refractivity contribution is 7.80. The van der Waals surface area contributed by atoms with Gasteiger partial charge in [0.2, 0.25) is 0 Å². The number of thiol groups is 1. The van der Waals surface area contributed by atoms with E-state index >= 15 is 0 Å². The van der Waals surface area contributed by atoms with Gasteiger partial charge in [0.15, 0.2) is 0 Å². The van der Waals surface area contributed by atoms with E-state index in [-0.39, 0.29) is 0 Å². The van der Waals surface area contributed by atoms with Crippen molar-refractivity contribution < 1.29 is 9.47 Å². The first kappa shape index (κ1) is 9.27. The second-order valence-corrected chi connectivity index (χ2v) is 2.04. The molecule has 0 saturated carbocycles. The van der Waals surface area contributed by atoms with E-state index in [9.17, 15) is 0 Å². The van der Waals surface area contributed by atoms with E-state index in [0.717, 1.165) is 25.4 Å². The molecule has 3 heteroatoms. The average molecular weight is 150 g/mol. The van der Waals surface area contributed by atoms with Gasteiger partial charge in [0, 0.05) is 6.61 Å². The summed E-state index contributed by atoms with van der Waals surface area (Å²) in [4.78, 5) is 0. The van der Waals surface area contributed by atoms with Crippen LogP contribution in [0.2, 0.25) is 0 Å². The summed E-state index contributed by atoms with van der Waals surface area (Å²) < 4.78 is 9.98. The van der Waals surface area contributed by atoms with Crippen LogP contribution < -0.4 is 0 Å². The van der Waals surface area contributed by atoms with Crippen LogP contribution in [0.25, 0.3) is 0 Å². The highest BCUT2D eigenvalue weighted by Gasteiger charge is 1.83. The van der Waals surface area contributed by atoms with Crippen molar-refractivity contribution in [1.82, 2.24) is 0 Å². The number of ether oxygens (including phenoxy) is 2. The zero-order valence-corrected chi connectivity index (χ0v) is 6.69. The van der Waals surface area contributed by atoms with Crippen molar-refractivity contribution in [2.24, 2.45) is 0 Å². The second kappa shape index (κ2) is 8.27. The summed E-state index contributed by atoms with van der Waals surface area (Å²) in [6.07, 6.45) is 0.996. The Morgan fingerprint density at radius 2 is 2.11 bits per heavy atom. The molecule has 0 radical (unpaired) electrons. The maximum atomic E-state index is 5.04. The molecule has 0 spiro atoms. The lowest BCUT2D eigenvalue weighted by Gasteiger charge is -2.00. The van der Waals surface area contributed by atoms with Crippen molar-refractivity contribution in [3.05, 3.63) is 0 Å². The van der Waals surface area contributed by atoms with E-state index in [1.54, 1.807) is 0 Å². The zero-order valence-electron chi connectivity index (χ0n) is 5.80. The molecular formula is C6H14O2S. The van der Waals surface area contributed by atoms with Crippen molar-refractivity contribution in [3.8, 4) is 0 Å². The Balaban J connectivity index is 2.60. The van der Waals surface area contributed by atoms with Crippen LogP contribution in [0.1, 0.15) is 13.3 Å². The molecule has 0 aromatic carbocycles. The van der Waals surface area contributed by atoms with Crippen molar-refractivity contribution in [1.29, 1.82) is 0 Å². The van der Waals surface area contributed by atoms with Crippen LogP contribution in [0.15, 0.2) is 0 Å². The molecule has 0 bridgehead atoms. The second-order valence-electron chi connectivity index (χ2n) is 1.60. The lowest BCUT2D eigenvalue weighted by molar-refractivity contribution is -0.0486. The monoisotopic (exact) mass is 150 g/mol. The first-order valence-corrected chi connectivity index (χ1v) is 3.81. The van der Waals surface area contributed by atoms with Gasteiger partial charge in [-0.05, 0) is 19.1 Å². The van der Waals surface area contributed by atoms with Crippen LogP contribution in [0.4, 0.5) is 0 Å². The van der Waals surface area contributed by atoms with E-state index in [0.29, 0.717) is 6.79 Å². The SMILES string of the molecule is CCOCOCCCS. The van der Waals surface area contributed by atoms with Gasteiger partial charge in [0.25, 0.3) is 0 Å². The van der Waals surface area contributed by atoms with Crippen LogP contribution in [0.3, 0.4) is 0 Å². The predicted octanol–water partition coefficient (Wildman–Crippen LogP) is 1.32. The van der Waals surface area contributed by atoms with Crippen molar-refractivity contribution in [3.63, 3.8) is 0 Å². The molecule has 0 atom stereocenters. The Labute approximate surface area is 61.9 Å². The summed E-state index contributed by atoms with van der Waals surface area (Å²) in [5.74, 6) is 0.881. The quantitative estimate of drug-likeness (QED) is 0.350. The van der Waals surface area contributed by atoms with E-state index in [1.165, 1.54) is 0 Å². The first-order valence-electron chi connectivity index (χ1n) is 3.18. The molecule has 2 nitrogen and oxygen atoms in total. The van der Waals surface area contributed by atoms with Crippen LogP contribution in [-0.2, 0) is 9.47 Å². The molecule has 0 aliphatic heterocycles. The van der Waals surface area contributed by atoms with Crippen LogP contribution in [-0.4, -0.2) is 25.8 Å². The van der Waals surface area contributed by atoms with E-state index in [4.69, 9.17) is 9.47 Å². The fourth-order valence-electron chi connectivity index (χ4n) is 0.368. The van der Waals surface area contributed by atoms with Crippen molar-refractivity contribution in [2.45, 2.75) is 13.3 Å². The fourth-order valence-corrected chi connectivity index (χ4v) is 0.497. The smallest absolute Gasteiger partial charge is 0.146 e. The van der Waals surface area contributed by atoms with Gasteiger partial charge in [0.1, 0.15) is 6.79 Å². The molecule has 0 rings (SSSR count). The van der Waals surface area contributed by atoms with Gasteiger partial charge in [-0.2, -0.15) is 12.6 Å². The van der Waals surface area contributed by atoms with Gasteiger partial charge >= 0.3 is 0 Å². The molecule has 0 N–H and O–H groups in total. The lowest BCUT2D eigenvalue weighted by atomic mass is 10.5. The lowest BCUT2D eigenvalue weighted by Crippen LogP contribution is -2.01. The Hall–Kier alpha value is 0.270. The Morgan fingerprint density at radius 3 is 2.67 bits per heavy atom. The molecular weight excluding hydrogens is 136 g/mol. The van der Waals surface area contributed by atoms with Crippen LogP contribution in [0.5, 0.6) is 0 Å². The largest absolute Gasteiger partial charge is 0.356 e. The van der Waals surface area contributed by atoms with Gasteiger partial charge < -0.3 is 9.47 Å². The molecule has 0 aliphatic rings. The molecule has 0 aromatic heterocycles. The molecule has 0 fully saturated rings. The summed E-state index contributed by atoms with van der Waals surface area (Å²) in [6, 6.07) is 0. The minimum absolute atomic E-state index is 0.421. The van der Waals surface area contributed by atoms with Gasteiger partial charge in [-0.25, -0.2) is 0 Å². The molecule has 0 aromatic rings. The maximum absolute atomic E-state index is 5.04. The van der Waals surface area contributed by atoms with Gasteiger partial charge in [-0.3, -0.25) is 0 Å². The van der Waals surface area contributed by atoms with Crippen LogP contribution in [0, 0.1) is 0 Å². The van der Waals surface area contributed by atoms with Crippen LogP contribution >= 0.6 is 12.6 Å². The predicted molar refractivity (Wildman–Crippen MR) is 40.9 cm³/mol. The summed E-state index contributed by atoms with van der Waals surface area (Å²) >= 11 is 4.02. The number of hydrogen-bond donors (Lipinski definition) is 1. The minimum atomic E-state index is 0.421. The van der Waals surface area contributed by atoms with Gasteiger partial charge in [-0.15, -0.1) is 0 Å². The molecule has 0 aliphatic carbocycles. The highest BCUT2D eigenvalue weighted by Crippen LogP contribution is 1.85. The van der Waals surface area contributed by atoms with E-state index in [2.05, 4.69) is 12.6 Å².